The molecule has 0 saturated carbocycles. The molecule has 2 aliphatic heterocycles. The van der Waals surface area contributed by atoms with Gasteiger partial charge in [0.2, 0.25) is 5.91 Å². The summed E-state index contributed by atoms with van der Waals surface area (Å²) in [5.41, 5.74) is 0.572. The van der Waals surface area contributed by atoms with Crippen molar-refractivity contribution in [2.24, 2.45) is 0 Å². The van der Waals surface area contributed by atoms with E-state index in [1.807, 2.05) is 32.9 Å². The van der Waals surface area contributed by atoms with Crippen LogP contribution >= 0.6 is 0 Å². The highest BCUT2D eigenvalue weighted by molar-refractivity contribution is 5.99. The van der Waals surface area contributed by atoms with E-state index in [0.29, 0.717) is 18.7 Å². The fourth-order valence-corrected chi connectivity index (χ4v) is 4.10. The van der Waals surface area contributed by atoms with E-state index >= 15 is 0 Å². The van der Waals surface area contributed by atoms with Gasteiger partial charge < -0.3 is 9.64 Å². The summed E-state index contributed by atoms with van der Waals surface area (Å²) < 4.78 is 8.01. The highest BCUT2D eigenvalue weighted by Crippen LogP contribution is 2.29. The van der Waals surface area contributed by atoms with Crippen LogP contribution in [0.1, 0.15) is 64.0 Å². The third-order valence-corrected chi connectivity index (χ3v) is 5.69. The zero-order chi connectivity index (χ0) is 22.3. The summed E-state index contributed by atoms with van der Waals surface area (Å²) in [5.74, 6) is -0.603. The summed E-state index contributed by atoms with van der Waals surface area (Å²) in [4.78, 5) is 50.2. The first-order valence-electron chi connectivity index (χ1n) is 10.5. The van der Waals surface area contributed by atoms with Crippen molar-refractivity contribution in [1.82, 2.24) is 24.4 Å². The van der Waals surface area contributed by atoms with Gasteiger partial charge in [-0.1, -0.05) is 0 Å². The van der Waals surface area contributed by atoms with Crippen molar-refractivity contribution >= 4 is 23.6 Å². The van der Waals surface area contributed by atoms with Gasteiger partial charge in [0, 0.05) is 25.7 Å². The minimum absolute atomic E-state index is 0.179. The van der Waals surface area contributed by atoms with E-state index in [2.05, 4.69) is 10.4 Å². The Balaban J connectivity index is 1.49. The van der Waals surface area contributed by atoms with Crippen molar-refractivity contribution in [3.63, 3.8) is 0 Å². The Labute approximate surface area is 179 Å². The molecule has 10 heteroatoms. The number of pyridine rings is 1. The summed E-state index contributed by atoms with van der Waals surface area (Å²) in [6.07, 6.45) is 3.38. The number of rotatable bonds is 2. The maximum absolute atomic E-state index is 12.7. The van der Waals surface area contributed by atoms with E-state index in [9.17, 15) is 19.2 Å². The van der Waals surface area contributed by atoms with Crippen molar-refractivity contribution in [1.29, 1.82) is 0 Å². The Bertz CT molecular complexity index is 1090. The van der Waals surface area contributed by atoms with E-state index in [-0.39, 0.29) is 30.8 Å². The number of fused-ring (bicyclic) bond motifs is 1. The maximum Gasteiger partial charge on any atom is 0.410 e. The lowest BCUT2D eigenvalue weighted by Crippen LogP contribution is -2.44. The Morgan fingerprint density at radius 1 is 1.16 bits per heavy atom. The van der Waals surface area contributed by atoms with Crippen molar-refractivity contribution in [3.8, 4) is 0 Å². The number of piperidine rings is 2. The molecule has 31 heavy (non-hydrogen) atoms. The van der Waals surface area contributed by atoms with Crippen LogP contribution in [-0.2, 0) is 14.3 Å². The van der Waals surface area contributed by atoms with Crippen molar-refractivity contribution in [3.05, 3.63) is 34.4 Å². The van der Waals surface area contributed by atoms with Gasteiger partial charge >= 0.3 is 11.8 Å². The number of nitrogens with zero attached hydrogens (tertiary/aromatic N) is 4. The smallest absolute Gasteiger partial charge is 0.410 e. The molecule has 2 aliphatic rings. The molecule has 2 saturated heterocycles. The summed E-state index contributed by atoms with van der Waals surface area (Å²) in [5, 5.41) is 6.62. The standard InChI is InChI=1S/C21H27N5O5/c1-21(2,3)31-20(30)24-9-6-13(7-10-24)14-8-11-25-16(12-14)23-26(19(25)29)15-4-5-17(27)22-18(15)28/h8,11-13,15H,4-7,9-10H2,1-3H3,(H,22,27,28). The fourth-order valence-electron chi connectivity index (χ4n) is 4.10. The molecule has 166 valence electrons. The molecule has 4 heterocycles. The minimum atomic E-state index is -0.786. The van der Waals surface area contributed by atoms with Gasteiger partial charge in [0.1, 0.15) is 11.6 Å². The van der Waals surface area contributed by atoms with Crippen molar-refractivity contribution in [2.75, 3.05) is 13.1 Å². The SMILES string of the molecule is CC(C)(C)OC(=O)N1CCC(c2ccn3c(=O)n(C4CCC(=O)NC4=O)nc3c2)CC1. The topological polar surface area (TPSA) is 115 Å². The van der Waals surface area contributed by atoms with Gasteiger partial charge in [0.25, 0.3) is 5.91 Å². The molecule has 0 radical (unpaired) electrons. The van der Waals surface area contributed by atoms with Crippen molar-refractivity contribution < 1.29 is 19.1 Å². The van der Waals surface area contributed by atoms with Crippen LogP contribution in [-0.4, -0.2) is 55.7 Å². The Morgan fingerprint density at radius 3 is 2.52 bits per heavy atom. The molecule has 0 aromatic carbocycles. The number of amides is 3. The quantitative estimate of drug-likeness (QED) is 0.725. The van der Waals surface area contributed by atoms with Gasteiger partial charge in [-0.3, -0.25) is 19.3 Å². The monoisotopic (exact) mass is 429 g/mol. The zero-order valence-electron chi connectivity index (χ0n) is 18.0. The number of carbonyl (C=O) groups is 3. The molecule has 1 N–H and O–H groups in total. The molecule has 1 unspecified atom stereocenters. The Kier molecular flexibility index (Phi) is 5.32. The van der Waals surface area contributed by atoms with Crippen LogP contribution in [0.2, 0.25) is 0 Å². The first-order chi connectivity index (χ1) is 14.6. The number of likely N-dealkylation sites (tertiary alicyclic amines) is 1. The lowest BCUT2D eigenvalue weighted by atomic mass is 9.90. The van der Waals surface area contributed by atoms with Gasteiger partial charge in [-0.25, -0.2) is 9.59 Å². The van der Waals surface area contributed by atoms with Gasteiger partial charge in [-0.2, -0.15) is 4.68 Å². The zero-order valence-corrected chi connectivity index (χ0v) is 18.0. The summed E-state index contributed by atoms with van der Waals surface area (Å²) in [7, 11) is 0. The van der Waals surface area contributed by atoms with Crippen LogP contribution in [0.25, 0.3) is 5.65 Å². The number of hydrogen-bond donors (Lipinski definition) is 1. The molecule has 0 aliphatic carbocycles. The molecule has 0 bridgehead atoms. The predicted molar refractivity (Wildman–Crippen MR) is 111 cm³/mol. The lowest BCUT2D eigenvalue weighted by Gasteiger charge is -2.33. The third kappa shape index (κ3) is 4.33. The van der Waals surface area contributed by atoms with Gasteiger partial charge in [0.15, 0.2) is 5.65 Å². The first-order valence-corrected chi connectivity index (χ1v) is 10.5. The second kappa shape index (κ2) is 7.82. The molecule has 2 aromatic heterocycles. The second-order valence-corrected chi connectivity index (χ2v) is 9.12. The van der Waals surface area contributed by atoms with Crippen LogP contribution in [0.5, 0.6) is 0 Å². The van der Waals surface area contributed by atoms with Gasteiger partial charge in [-0.05, 0) is 63.6 Å². The molecule has 4 rings (SSSR count). The average molecular weight is 429 g/mol. The third-order valence-electron chi connectivity index (χ3n) is 5.69. The largest absolute Gasteiger partial charge is 0.444 e. The van der Waals surface area contributed by atoms with Crippen LogP contribution in [0.3, 0.4) is 0 Å². The van der Waals surface area contributed by atoms with E-state index in [1.165, 1.54) is 4.40 Å². The molecule has 2 fully saturated rings. The highest BCUT2D eigenvalue weighted by atomic mass is 16.6. The Hall–Kier alpha value is -3.17. The van der Waals surface area contributed by atoms with E-state index < -0.39 is 23.2 Å². The molecular formula is C21H27N5O5. The number of carbonyl (C=O) groups excluding carboxylic acids is 3. The first kappa shape index (κ1) is 21.1. The summed E-state index contributed by atoms with van der Waals surface area (Å²) in [6, 6.07) is 2.96. The van der Waals surface area contributed by atoms with Crippen LogP contribution in [0.4, 0.5) is 4.79 Å². The van der Waals surface area contributed by atoms with Gasteiger partial charge in [0.05, 0.1) is 0 Å². The number of hydrogen-bond acceptors (Lipinski definition) is 6. The number of aromatic nitrogens is 3. The Morgan fingerprint density at radius 2 is 1.87 bits per heavy atom. The lowest BCUT2D eigenvalue weighted by molar-refractivity contribution is -0.136. The summed E-state index contributed by atoms with van der Waals surface area (Å²) >= 11 is 0. The molecule has 2 aromatic rings. The van der Waals surface area contributed by atoms with Crippen LogP contribution < -0.4 is 11.0 Å². The molecule has 0 spiro atoms. The predicted octanol–water partition coefficient (Wildman–Crippen LogP) is 1.59. The summed E-state index contributed by atoms with van der Waals surface area (Å²) in [6.45, 7) is 6.75. The van der Waals surface area contributed by atoms with Crippen LogP contribution in [0.15, 0.2) is 23.1 Å². The van der Waals surface area contributed by atoms with E-state index in [0.717, 1.165) is 23.1 Å². The molecule has 3 amide bonds. The minimum Gasteiger partial charge on any atom is -0.444 e. The average Bonchev–Trinajstić information content (AvgIpc) is 3.02. The molecule has 1 atom stereocenters. The van der Waals surface area contributed by atoms with E-state index in [4.69, 9.17) is 4.74 Å². The number of nitrogens with one attached hydrogen (secondary N) is 1. The van der Waals surface area contributed by atoms with Crippen molar-refractivity contribution in [2.45, 2.75) is 64.0 Å². The highest BCUT2D eigenvalue weighted by Gasteiger charge is 2.31. The van der Waals surface area contributed by atoms with Crippen LogP contribution in [0, 0.1) is 0 Å². The normalized spacial score (nSPS) is 20.7. The number of ether oxygens (including phenoxy) is 1. The second-order valence-electron chi connectivity index (χ2n) is 9.12. The van der Waals surface area contributed by atoms with E-state index in [1.54, 1.807) is 11.1 Å². The maximum atomic E-state index is 12.7. The fraction of sp³-hybridized carbons (Fsp3) is 0.571. The van der Waals surface area contributed by atoms with Gasteiger partial charge in [-0.15, -0.1) is 5.10 Å². The molecule has 10 nitrogen and oxygen atoms in total. The number of imide groups is 1. The molecular weight excluding hydrogens is 402 g/mol.